The molecule has 1 aliphatic heterocycles. The molecule has 1 fully saturated rings. The number of aromatic nitrogens is 1. The average Bonchev–Trinajstić information content (AvgIpc) is 2.63. The highest BCUT2D eigenvalue weighted by molar-refractivity contribution is 5.94. The molecule has 4 nitrogen and oxygen atoms in total. The van der Waals surface area contributed by atoms with Crippen molar-refractivity contribution in [1.82, 2.24) is 9.88 Å². The average molecular weight is 342 g/mol. The van der Waals surface area contributed by atoms with E-state index in [1.165, 1.54) is 6.07 Å². The van der Waals surface area contributed by atoms with Crippen LogP contribution in [0.3, 0.4) is 0 Å². The number of benzene rings is 1. The van der Waals surface area contributed by atoms with Crippen molar-refractivity contribution in [2.45, 2.75) is 25.9 Å². The van der Waals surface area contributed by atoms with Gasteiger partial charge in [-0.15, -0.1) is 0 Å². The summed E-state index contributed by atoms with van der Waals surface area (Å²) in [6.45, 7) is 3.08. The van der Waals surface area contributed by atoms with Crippen LogP contribution in [0.5, 0.6) is 0 Å². The third-order valence-electron chi connectivity index (χ3n) is 4.84. The highest BCUT2D eigenvalue weighted by Gasteiger charge is 2.32. The van der Waals surface area contributed by atoms with Gasteiger partial charge < -0.3 is 9.64 Å². The zero-order chi connectivity index (χ0) is 17.8. The fourth-order valence-corrected chi connectivity index (χ4v) is 3.51. The molecule has 1 aliphatic rings. The predicted molar refractivity (Wildman–Crippen MR) is 93.9 cm³/mol. The van der Waals surface area contributed by atoms with Crippen LogP contribution in [0.25, 0.3) is 0 Å². The van der Waals surface area contributed by atoms with Gasteiger partial charge in [-0.3, -0.25) is 9.78 Å². The number of likely N-dealkylation sites (tertiary alicyclic amines) is 1. The molecule has 2 heterocycles. The van der Waals surface area contributed by atoms with Crippen molar-refractivity contribution in [3.05, 3.63) is 65.2 Å². The van der Waals surface area contributed by atoms with Crippen LogP contribution < -0.4 is 0 Å². The van der Waals surface area contributed by atoms with Gasteiger partial charge in [0, 0.05) is 43.6 Å². The Hall–Kier alpha value is -2.27. The zero-order valence-electron chi connectivity index (χ0n) is 14.6. The molecule has 3 rings (SSSR count). The van der Waals surface area contributed by atoms with Gasteiger partial charge in [0.2, 0.25) is 0 Å². The molecule has 1 saturated heterocycles. The molecule has 0 spiro atoms. The van der Waals surface area contributed by atoms with Crippen molar-refractivity contribution in [3.8, 4) is 0 Å². The minimum Gasteiger partial charge on any atom is -0.381 e. The molecule has 0 aliphatic carbocycles. The number of halogens is 1. The number of rotatable bonds is 4. The van der Waals surface area contributed by atoms with Crippen molar-refractivity contribution >= 4 is 5.91 Å². The minimum absolute atomic E-state index is 0.00131. The van der Waals surface area contributed by atoms with Gasteiger partial charge in [0.1, 0.15) is 5.82 Å². The van der Waals surface area contributed by atoms with Crippen LogP contribution in [0.15, 0.2) is 42.6 Å². The molecule has 2 atom stereocenters. The highest BCUT2D eigenvalue weighted by Crippen LogP contribution is 2.25. The number of carbonyl (C=O) groups is 1. The lowest BCUT2D eigenvalue weighted by Crippen LogP contribution is -2.47. The predicted octanol–water partition coefficient (Wildman–Crippen LogP) is 3.25. The Morgan fingerprint density at radius 3 is 2.88 bits per heavy atom. The van der Waals surface area contributed by atoms with E-state index >= 15 is 0 Å². The van der Waals surface area contributed by atoms with E-state index in [0.717, 1.165) is 12.1 Å². The minimum atomic E-state index is -0.203. The fraction of sp³-hybridized carbons (Fsp3) is 0.400. The molecule has 2 aromatic rings. The van der Waals surface area contributed by atoms with Crippen molar-refractivity contribution in [2.24, 2.45) is 5.92 Å². The van der Waals surface area contributed by atoms with Crippen molar-refractivity contribution in [1.29, 1.82) is 0 Å². The largest absolute Gasteiger partial charge is 0.381 e. The summed E-state index contributed by atoms with van der Waals surface area (Å²) in [5.41, 5.74) is 2.14. The Kier molecular flexibility index (Phi) is 5.43. The van der Waals surface area contributed by atoms with Crippen LogP contribution in [0.2, 0.25) is 0 Å². The SMILES string of the molecule is CO[C@@H]1CCN(C(=O)c2ccnc(C)c2)C[C@H]1Cc1ccccc1F. The Morgan fingerprint density at radius 1 is 1.36 bits per heavy atom. The normalized spacial score (nSPS) is 20.5. The second kappa shape index (κ2) is 7.74. The Labute approximate surface area is 147 Å². The first-order valence-electron chi connectivity index (χ1n) is 8.56. The highest BCUT2D eigenvalue weighted by atomic mass is 19.1. The molecule has 1 amide bonds. The summed E-state index contributed by atoms with van der Waals surface area (Å²) >= 11 is 0. The Morgan fingerprint density at radius 2 is 2.16 bits per heavy atom. The lowest BCUT2D eigenvalue weighted by molar-refractivity contribution is -0.00321. The summed E-state index contributed by atoms with van der Waals surface area (Å²) in [4.78, 5) is 18.8. The lowest BCUT2D eigenvalue weighted by atomic mass is 9.88. The van der Waals surface area contributed by atoms with Gasteiger partial charge in [-0.05, 0) is 43.5 Å². The molecule has 0 saturated carbocycles. The number of ether oxygens (including phenoxy) is 1. The maximum absolute atomic E-state index is 14.0. The van der Waals surface area contributed by atoms with Crippen LogP contribution >= 0.6 is 0 Å². The third-order valence-corrected chi connectivity index (χ3v) is 4.84. The van der Waals surface area contributed by atoms with Gasteiger partial charge in [0.15, 0.2) is 0 Å². The summed E-state index contributed by atoms with van der Waals surface area (Å²) in [6.07, 6.45) is 3.00. The van der Waals surface area contributed by atoms with E-state index in [-0.39, 0.29) is 23.7 Å². The summed E-state index contributed by atoms with van der Waals surface area (Å²) < 4.78 is 19.6. The zero-order valence-corrected chi connectivity index (χ0v) is 14.6. The van der Waals surface area contributed by atoms with Crippen LogP contribution in [0, 0.1) is 18.7 Å². The summed E-state index contributed by atoms with van der Waals surface area (Å²) in [7, 11) is 1.68. The first-order chi connectivity index (χ1) is 12.1. The number of piperidine rings is 1. The number of amides is 1. The molecular weight excluding hydrogens is 319 g/mol. The molecule has 0 N–H and O–H groups in total. The Bertz CT molecular complexity index is 750. The standard InChI is InChI=1S/C20H23FN2O2/c1-14-11-16(7-9-22-14)20(24)23-10-8-19(25-2)17(13-23)12-15-5-3-4-6-18(15)21/h3-7,9,11,17,19H,8,10,12-13H2,1-2H3/t17-,19-/m1/s1. The topological polar surface area (TPSA) is 42.4 Å². The molecule has 0 radical (unpaired) electrons. The lowest BCUT2D eigenvalue weighted by Gasteiger charge is -2.38. The van der Waals surface area contributed by atoms with Crippen LogP contribution in [-0.4, -0.2) is 42.1 Å². The monoisotopic (exact) mass is 342 g/mol. The van der Waals surface area contributed by atoms with E-state index in [4.69, 9.17) is 4.74 Å². The van der Waals surface area contributed by atoms with E-state index in [1.54, 1.807) is 37.6 Å². The second-order valence-corrected chi connectivity index (χ2v) is 6.56. The first kappa shape index (κ1) is 17.5. The Balaban J connectivity index is 1.76. The maximum atomic E-state index is 14.0. The summed E-state index contributed by atoms with van der Waals surface area (Å²) in [5.74, 6) is -0.133. The van der Waals surface area contributed by atoms with Crippen LogP contribution in [0.4, 0.5) is 4.39 Å². The molecular formula is C20H23FN2O2. The number of hydrogen-bond donors (Lipinski definition) is 0. The number of carbonyl (C=O) groups excluding carboxylic acids is 1. The van der Waals surface area contributed by atoms with E-state index in [2.05, 4.69) is 4.98 Å². The number of pyridine rings is 1. The quantitative estimate of drug-likeness (QED) is 0.857. The van der Waals surface area contributed by atoms with E-state index in [1.807, 2.05) is 17.9 Å². The number of methoxy groups -OCH3 is 1. The van der Waals surface area contributed by atoms with Gasteiger partial charge in [-0.1, -0.05) is 18.2 Å². The van der Waals surface area contributed by atoms with Gasteiger partial charge in [0.05, 0.1) is 6.10 Å². The third kappa shape index (κ3) is 4.04. The summed E-state index contributed by atoms with van der Waals surface area (Å²) in [6, 6.07) is 10.3. The van der Waals surface area contributed by atoms with Crippen LogP contribution in [0.1, 0.15) is 28.0 Å². The van der Waals surface area contributed by atoms with E-state index in [9.17, 15) is 9.18 Å². The van der Waals surface area contributed by atoms with Gasteiger partial charge >= 0.3 is 0 Å². The molecule has 5 heteroatoms. The number of hydrogen-bond acceptors (Lipinski definition) is 3. The molecule has 132 valence electrons. The molecule has 25 heavy (non-hydrogen) atoms. The van der Waals surface area contributed by atoms with Gasteiger partial charge in [-0.2, -0.15) is 0 Å². The molecule has 1 aromatic carbocycles. The first-order valence-corrected chi connectivity index (χ1v) is 8.56. The van der Waals surface area contributed by atoms with E-state index < -0.39 is 0 Å². The van der Waals surface area contributed by atoms with Crippen LogP contribution in [-0.2, 0) is 11.2 Å². The van der Waals surface area contributed by atoms with Crippen molar-refractivity contribution in [3.63, 3.8) is 0 Å². The van der Waals surface area contributed by atoms with Gasteiger partial charge in [-0.25, -0.2) is 4.39 Å². The summed E-state index contributed by atoms with van der Waals surface area (Å²) in [5, 5.41) is 0. The fourth-order valence-electron chi connectivity index (χ4n) is 3.51. The van der Waals surface area contributed by atoms with Crippen molar-refractivity contribution < 1.29 is 13.9 Å². The van der Waals surface area contributed by atoms with Gasteiger partial charge in [0.25, 0.3) is 5.91 Å². The molecule has 1 aromatic heterocycles. The van der Waals surface area contributed by atoms with E-state index in [0.29, 0.717) is 30.6 Å². The maximum Gasteiger partial charge on any atom is 0.253 e. The second-order valence-electron chi connectivity index (χ2n) is 6.56. The van der Waals surface area contributed by atoms with Crippen molar-refractivity contribution in [2.75, 3.05) is 20.2 Å². The molecule has 0 unspecified atom stereocenters. The molecule has 0 bridgehead atoms. The number of nitrogens with zero attached hydrogens (tertiary/aromatic N) is 2. The smallest absolute Gasteiger partial charge is 0.253 e. The number of aryl methyl sites for hydroxylation is 1.